The molecule has 0 saturated carbocycles. The van der Waals surface area contributed by atoms with Gasteiger partial charge in [-0.2, -0.15) is 0 Å². The van der Waals surface area contributed by atoms with Gasteiger partial charge in [0.25, 0.3) is 0 Å². The lowest BCUT2D eigenvalue weighted by molar-refractivity contribution is 1.52. The maximum Gasteiger partial charge on any atom is 0.0630 e. The Balaban J connectivity index is 1.98. The summed E-state index contributed by atoms with van der Waals surface area (Å²) >= 11 is 2.28. The number of allylic oxidation sites excluding steroid dienone is 1. The number of aliphatic imine (C=N–C) groups is 1. The van der Waals surface area contributed by atoms with Crippen LogP contribution < -0.4 is 0 Å². The minimum Gasteiger partial charge on any atom is -0.257 e. The standard InChI is InChI=1S/C15H12IN/c16-14-8-10-15(11-9-14)17-12-4-7-13-5-2-1-3-6-13/h1-12H/b7-4+,17-12?. The molecule has 17 heavy (non-hydrogen) atoms. The Hall–Kier alpha value is -1.42. The van der Waals surface area contributed by atoms with Crippen LogP contribution in [0, 0.1) is 3.57 Å². The molecule has 1 nitrogen and oxygen atoms in total. The Bertz CT molecular complexity index is 512. The average Bonchev–Trinajstić information content (AvgIpc) is 2.38. The normalized spacial score (nSPS) is 11.4. The summed E-state index contributed by atoms with van der Waals surface area (Å²) in [7, 11) is 0. The SMILES string of the molecule is Ic1ccc(N=C/C=C/c2ccccc2)cc1. The van der Waals surface area contributed by atoms with Gasteiger partial charge in [0.1, 0.15) is 0 Å². The van der Waals surface area contributed by atoms with E-state index >= 15 is 0 Å². The predicted molar refractivity (Wildman–Crippen MR) is 82.8 cm³/mol. The second kappa shape index (κ2) is 6.35. The van der Waals surface area contributed by atoms with Gasteiger partial charge in [-0.15, -0.1) is 0 Å². The van der Waals surface area contributed by atoms with Crippen LogP contribution in [0.5, 0.6) is 0 Å². The van der Waals surface area contributed by atoms with E-state index in [1.165, 1.54) is 9.13 Å². The molecule has 0 aliphatic rings. The highest BCUT2D eigenvalue weighted by Crippen LogP contribution is 2.13. The van der Waals surface area contributed by atoms with E-state index in [4.69, 9.17) is 0 Å². The molecule has 0 aliphatic heterocycles. The summed E-state index contributed by atoms with van der Waals surface area (Å²) in [6.07, 6.45) is 5.80. The van der Waals surface area contributed by atoms with Crippen molar-refractivity contribution in [1.82, 2.24) is 0 Å². The van der Waals surface area contributed by atoms with Gasteiger partial charge < -0.3 is 0 Å². The van der Waals surface area contributed by atoms with Crippen molar-refractivity contribution in [2.45, 2.75) is 0 Å². The molecular weight excluding hydrogens is 321 g/mol. The van der Waals surface area contributed by atoms with Crippen molar-refractivity contribution in [3.05, 3.63) is 69.8 Å². The molecule has 0 spiro atoms. The van der Waals surface area contributed by atoms with E-state index < -0.39 is 0 Å². The Morgan fingerprint density at radius 2 is 1.59 bits per heavy atom. The average molecular weight is 333 g/mol. The Kier molecular flexibility index (Phi) is 4.50. The van der Waals surface area contributed by atoms with Crippen molar-refractivity contribution in [2.24, 2.45) is 4.99 Å². The van der Waals surface area contributed by atoms with E-state index in [-0.39, 0.29) is 0 Å². The van der Waals surface area contributed by atoms with Crippen LogP contribution in [-0.2, 0) is 0 Å². The topological polar surface area (TPSA) is 12.4 Å². The monoisotopic (exact) mass is 333 g/mol. The molecule has 0 bridgehead atoms. The van der Waals surface area contributed by atoms with Gasteiger partial charge in [0.2, 0.25) is 0 Å². The van der Waals surface area contributed by atoms with Gasteiger partial charge in [-0.3, -0.25) is 4.99 Å². The second-order valence-corrected chi connectivity index (χ2v) is 4.77. The van der Waals surface area contributed by atoms with Crippen molar-refractivity contribution in [3.63, 3.8) is 0 Å². The van der Waals surface area contributed by atoms with E-state index in [2.05, 4.69) is 39.7 Å². The molecule has 2 aromatic rings. The molecule has 0 fully saturated rings. The van der Waals surface area contributed by atoms with Crippen LogP contribution in [0.3, 0.4) is 0 Å². The Morgan fingerprint density at radius 1 is 0.882 bits per heavy atom. The number of halogens is 1. The third-order valence-electron chi connectivity index (χ3n) is 2.22. The molecule has 2 heteroatoms. The molecule has 0 N–H and O–H groups in total. The maximum absolute atomic E-state index is 4.35. The fourth-order valence-electron chi connectivity index (χ4n) is 1.37. The van der Waals surface area contributed by atoms with Gasteiger partial charge >= 0.3 is 0 Å². The fraction of sp³-hybridized carbons (Fsp3) is 0. The van der Waals surface area contributed by atoms with E-state index in [1.54, 1.807) is 0 Å². The largest absolute Gasteiger partial charge is 0.257 e. The molecule has 0 aromatic heterocycles. The number of hydrogen-bond acceptors (Lipinski definition) is 1. The fourth-order valence-corrected chi connectivity index (χ4v) is 1.73. The number of rotatable bonds is 3. The zero-order valence-electron chi connectivity index (χ0n) is 9.25. The van der Waals surface area contributed by atoms with E-state index in [1.807, 2.05) is 60.8 Å². The molecular formula is C15H12IN. The van der Waals surface area contributed by atoms with Crippen molar-refractivity contribution in [1.29, 1.82) is 0 Å². The van der Waals surface area contributed by atoms with Gasteiger partial charge in [-0.1, -0.05) is 36.4 Å². The first-order valence-electron chi connectivity index (χ1n) is 5.36. The van der Waals surface area contributed by atoms with Crippen LogP contribution in [0.4, 0.5) is 5.69 Å². The van der Waals surface area contributed by atoms with Gasteiger partial charge in [-0.25, -0.2) is 0 Å². The minimum atomic E-state index is 0.975. The first-order chi connectivity index (χ1) is 8.34. The van der Waals surface area contributed by atoms with E-state index in [9.17, 15) is 0 Å². The number of nitrogens with zero attached hydrogens (tertiary/aromatic N) is 1. The van der Waals surface area contributed by atoms with Gasteiger partial charge in [0.15, 0.2) is 0 Å². The van der Waals surface area contributed by atoms with Gasteiger partial charge in [-0.05, 0) is 58.5 Å². The highest BCUT2D eigenvalue weighted by Gasteiger charge is 1.86. The van der Waals surface area contributed by atoms with Crippen LogP contribution in [0.25, 0.3) is 6.08 Å². The molecule has 0 unspecified atom stereocenters. The highest BCUT2D eigenvalue weighted by molar-refractivity contribution is 14.1. The lowest BCUT2D eigenvalue weighted by Gasteiger charge is -1.92. The van der Waals surface area contributed by atoms with Crippen LogP contribution in [0.15, 0.2) is 65.7 Å². The predicted octanol–water partition coefficient (Wildman–Crippen LogP) is 4.71. The second-order valence-electron chi connectivity index (χ2n) is 3.52. The van der Waals surface area contributed by atoms with Crippen molar-refractivity contribution < 1.29 is 0 Å². The van der Waals surface area contributed by atoms with Crippen molar-refractivity contribution in [3.8, 4) is 0 Å². The van der Waals surface area contributed by atoms with Gasteiger partial charge in [0.05, 0.1) is 5.69 Å². The summed E-state index contributed by atoms with van der Waals surface area (Å²) in [5, 5.41) is 0. The molecule has 2 aromatic carbocycles. The van der Waals surface area contributed by atoms with Crippen LogP contribution in [0.1, 0.15) is 5.56 Å². The Morgan fingerprint density at radius 3 is 2.29 bits per heavy atom. The quantitative estimate of drug-likeness (QED) is 0.570. The van der Waals surface area contributed by atoms with Crippen LogP contribution >= 0.6 is 22.6 Å². The summed E-state index contributed by atoms with van der Waals surface area (Å²) in [6.45, 7) is 0. The molecule has 0 amide bonds. The summed E-state index contributed by atoms with van der Waals surface area (Å²) in [5.74, 6) is 0. The van der Waals surface area contributed by atoms with Crippen LogP contribution in [-0.4, -0.2) is 6.21 Å². The van der Waals surface area contributed by atoms with Crippen LogP contribution in [0.2, 0.25) is 0 Å². The minimum absolute atomic E-state index is 0.975. The number of benzene rings is 2. The molecule has 0 radical (unpaired) electrons. The Labute approximate surface area is 115 Å². The van der Waals surface area contributed by atoms with E-state index in [0.29, 0.717) is 0 Å². The molecule has 0 atom stereocenters. The number of hydrogen-bond donors (Lipinski definition) is 0. The lowest BCUT2D eigenvalue weighted by atomic mass is 10.2. The molecule has 84 valence electrons. The lowest BCUT2D eigenvalue weighted by Crippen LogP contribution is -1.71. The molecule has 0 aliphatic carbocycles. The summed E-state index contributed by atoms with van der Waals surface area (Å²) in [5.41, 5.74) is 2.16. The molecule has 0 saturated heterocycles. The third kappa shape index (κ3) is 4.15. The summed E-state index contributed by atoms with van der Waals surface area (Å²) < 4.78 is 1.22. The summed E-state index contributed by atoms with van der Waals surface area (Å²) in [6, 6.07) is 18.3. The zero-order chi connectivity index (χ0) is 11.9. The first-order valence-corrected chi connectivity index (χ1v) is 6.44. The van der Waals surface area contributed by atoms with E-state index in [0.717, 1.165) is 5.69 Å². The molecule has 0 heterocycles. The van der Waals surface area contributed by atoms with Gasteiger partial charge in [0, 0.05) is 9.78 Å². The maximum atomic E-state index is 4.35. The molecule has 2 rings (SSSR count). The third-order valence-corrected chi connectivity index (χ3v) is 2.94. The first kappa shape index (κ1) is 12.0. The highest BCUT2D eigenvalue weighted by atomic mass is 127. The summed E-state index contributed by atoms with van der Waals surface area (Å²) in [4.78, 5) is 4.35. The smallest absolute Gasteiger partial charge is 0.0630 e. The van der Waals surface area contributed by atoms with Crippen molar-refractivity contribution in [2.75, 3.05) is 0 Å². The van der Waals surface area contributed by atoms with Crippen molar-refractivity contribution >= 4 is 40.6 Å². The zero-order valence-corrected chi connectivity index (χ0v) is 11.4.